The summed E-state index contributed by atoms with van der Waals surface area (Å²) in [5.74, 6) is 0. The number of H-pyrrole nitrogens is 1. The molecule has 0 unspecified atom stereocenters. The standard InChI is InChI=1S/C13H12BrN3O2S2/c14-13-4-2-9(20-13)6-17-21(18,19)12-7-16-11-3-1-8(15)5-10(11)12/h1-5,7,16-17H,6,15H2. The van der Waals surface area contributed by atoms with Crippen molar-refractivity contribution in [1.82, 2.24) is 9.71 Å². The normalized spacial score (nSPS) is 12.0. The van der Waals surface area contributed by atoms with Crippen LogP contribution in [0, 0.1) is 0 Å². The molecule has 4 N–H and O–H groups in total. The Morgan fingerprint density at radius 1 is 1.29 bits per heavy atom. The molecule has 8 heteroatoms. The van der Waals surface area contributed by atoms with E-state index >= 15 is 0 Å². The zero-order valence-electron chi connectivity index (χ0n) is 10.8. The van der Waals surface area contributed by atoms with Gasteiger partial charge in [0.2, 0.25) is 10.0 Å². The van der Waals surface area contributed by atoms with Gasteiger partial charge in [0, 0.05) is 34.2 Å². The van der Waals surface area contributed by atoms with Crippen molar-refractivity contribution in [3.8, 4) is 0 Å². The maximum atomic E-state index is 12.4. The van der Waals surface area contributed by atoms with Crippen molar-refractivity contribution in [3.05, 3.63) is 45.2 Å². The number of fused-ring (bicyclic) bond motifs is 1. The molecule has 0 spiro atoms. The molecule has 0 atom stereocenters. The minimum absolute atomic E-state index is 0.209. The number of anilines is 1. The van der Waals surface area contributed by atoms with Gasteiger partial charge >= 0.3 is 0 Å². The third kappa shape index (κ3) is 2.98. The molecule has 0 amide bonds. The number of aromatic nitrogens is 1. The Bertz CT molecular complexity index is 899. The lowest BCUT2D eigenvalue weighted by Crippen LogP contribution is -2.22. The number of nitrogens with two attached hydrogens (primary N) is 1. The van der Waals surface area contributed by atoms with Gasteiger partial charge in [-0.05, 0) is 46.3 Å². The van der Waals surface area contributed by atoms with Crippen molar-refractivity contribution in [2.45, 2.75) is 11.4 Å². The summed E-state index contributed by atoms with van der Waals surface area (Å²) in [5.41, 5.74) is 7.00. The Balaban J connectivity index is 1.91. The van der Waals surface area contributed by atoms with E-state index in [1.54, 1.807) is 18.2 Å². The monoisotopic (exact) mass is 385 g/mol. The van der Waals surface area contributed by atoms with Crippen LogP contribution in [0.1, 0.15) is 4.88 Å². The number of nitrogens with one attached hydrogen (secondary N) is 2. The van der Waals surface area contributed by atoms with Crippen molar-refractivity contribution in [1.29, 1.82) is 0 Å². The number of hydrogen-bond acceptors (Lipinski definition) is 4. The van der Waals surface area contributed by atoms with Crippen molar-refractivity contribution < 1.29 is 8.42 Å². The molecule has 0 saturated heterocycles. The van der Waals surface area contributed by atoms with Gasteiger partial charge in [-0.2, -0.15) is 0 Å². The number of thiophene rings is 1. The molecule has 2 heterocycles. The minimum Gasteiger partial charge on any atom is -0.399 e. The van der Waals surface area contributed by atoms with Crippen LogP contribution in [0.3, 0.4) is 0 Å². The molecule has 1 aromatic carbocycles. The second-order valence-electron chi connectivity index (χ2n) is 4.49. The molecule has 0 aliphatic carbocycles. The van der Waals surface area contributed by atoms with Gasteiger partial charge < -0.3 is 10.7 Å². The SMILES string of the molecule is Nc1ccc2[nH]cc(S(=O)(=O)NCc3ccc(Br)s3)c2c1. The Kier molecular flexibility index (Phi) is 3.78. The number of nitrogen functional groups attached to an aromatic ring is 1. The highest BCUT2D eigenvalue weighted by Crippen LogP contribution is 2.26. The van der Waals surface area contributed by atoms with Gasteiger partial charge in [-0.1, -0.05) is 0 Å². The van der Waals surface area contributed by atoms with Crippen molar-refractivity contribution >= 4 is 53.9 Å². The fraction of sp³-hybridized carbons (Fsp3) is 0.0769. The summed E-state index contributed by atoms with van der Waals surface area (Å²) in [6, 6.07) is 8.92. The predicted molar refractivity (Wildman–Crippen MR) is 88.8 cm³/mol. The van der Waals surface area contributed by atoms with E-state index in [1.165, 1.54) is 17.5 Å². The Labute approximate surface area is 134 Å². The van der Waals surface area contributed by atoms with Crippen LogP contribution in [0.2, 0.25) is 0 Å². The first-order chi connectivity index (χ1) is 9.95. The number of benzene rings is 1. The number of sulfonamides is 1. The molecule has 0 bridgehead atoms. The Morgan fingerprint density at radius 2 is 2.10 bits per heavy atom. The number of aromatic amines is 1. The molecule has 5 nitrogen and oxygen atoms in total. The molecule has 3 rings (SSSR count). The van der Waals surface area contributed by atoms with Crippen LogP contribution in [0.15, 0.2) is 45.2 Å². The summed E-state index contributed by atoms with van der Waals surface area (Å²) in [7, 11) is -3.59. The maximum absolute atomic E-state index is 12.4. The quantitative estimate of drug-likeness (QED) is 0.603. The zero-order valence-corrected chi connectivity index (χ0v) is 14.0. The Hall–Kier alpha value is -1.35. The molecular formula is C13H12BrN3O2S2. The van der Waals surface area contributed by atoms with Crippen LogP contribution in [-0.2, 0) is 16.6 Å². The molecule has 0 fully saturated rings. The first-order valence-corrected chi connectivity index (χ1v) is 9.15. The molecule has 21 heavy (non-hydrogen) atoms. The van der Waals surface area contributed by atoms with Crippen LogP contribution in [0.4, 0.5) is 5.69 Å². The van der Waals surface area contributed by atoms with E-state index in [-0.39, 0.29) is 11.4 Å². The summed E-state index contributed by atoms with van der Waals surface area (Å²) >= 11 is 4.85. The van der Waals surface area contributed by atoms with E-state index in [0.29, 0.717) is 11.1 Å². The van der Waals surface area contributed by atoms with E-state index in [2.05, 4.69) is 25.6 Å². The van der Waals surface area contributed by atoms with Crippen LogP contribution >= 0.6 is 27.3 Å². The molecule has 110 valence electrons. The minimum atomic E-state index is -3.59. The topological polar surface area (TPSA) is 88.0 Å². The lowest BCUT2D eigenvalue weighted by atomic mass is 10.2. The van der Waals surface area contributed by atoms with Gasteiger partial charge in [-0.3, -0.25) is 0 Å². The smallest absolute Gasteiger partial charge is 0.243 e. The molecular weight excluding hydrogens is 374 g/mol. The highest BCUT2D eigenvalue weighted by atomic mass is 79.9. The van der Waals surface area contributed by atoms with E-state index in [0.717, 1.165) is 14.2 Å². The van der Waals surface area contributed by atoms with Crippen LogP contribution in [0.5, 0.6) is 0 Å². The second kappa shape index (κ2) is 5.45. The first kappa shape index (κ1) is 14.6. The van der Waals surface area contributed by atoms with E-state index in [4.69, 9.17) is 5.73 Å². The highest BCUT2D eigenvalue weighted by molar-refractivity contribution is 9.11. The van der Waals surface area contributed by atoms with Crippen molar-refractivity contribution in [2.24, 2.45) is 0 Å². The van der Waals surface area contributed by atoms with Gasteiger partial charge in [0.05, 0.1) is 3.79 Å². The fourth-order valence-corrected chi connectivity index (χ4v) is 4.71. The zero-order chi connectivity index (χ0) is 15.0. The lowest BCUT2D eigenvalue weighted by molar-refractivity contribution is 0.582. The summed E-state index contributed by atoms with van der Waals surface area (Å²) in [6.45, 7) is 0.258. The Morgan fingerprint density at radius 3 is 2.81 bits per heavy atom. The van der Waals surface area contributed by atoms with Gasteiger partial charge in [0.25, 0.3) is 0 Å². The summed E-state index contributed by atoms with van der Waals surface area (Å²) in [6.07, 6.45) is 1.48. The molecule has 2 aromatic heterocycles. The van der Waals surface area contributed by atoms with E-state index < -0.39 is 10.0 Å². The van der Waals surface area contributed by atoms with E-state index in [9.17, 15) is 8.42 Å². The first-order valence-electron chi connectivity index (χ1n) is 6.06. The largest absolute Gasteiger partial charge is 0.399 e. The van der Waals surface area contributed by atoms with Crippen LogP contribution in [-0.4, -0.2) is 13.4 Å². The number of hydrogen-bond donors (Lipinski definition) is 3. The fourth-order valence-electron chi connectivity index (χ4n) is 2.03. The molecule has 0 radical (unpaired) electrons. The van der Waals surface area contributed by atoms with Crippen molar-refractivity contribution in [3.63, 3.8) is 0 Å². The average Bonchev–Trinajstić information content (AvgIpc) is 3.02. The molecule has 0 aliphatic rings. The predicted octanol–water partition coefficient (Wildman–Crippen LogP) is 3.05. The molecule has 0 aliphatic heterocycles. The summed E-state index contributed by atoms with van der Waals surface area (Å²) < 4.78 is 28.4. The molecule has 3 aromatic rings. The second-order valence-corrected chi connectivity index (χ2v) is 8.77. The maximum Gasteiger partial charge on any atom is 0.243 e. The third-order valence-electron chi connectivity index (χ3n) is 3.02. The number of rotatable bonds is 4. The van der Waals surface area contributed by atoms with Crippen LogP contribution in [0.25, 0.3) is 10.9 Å². The van der Waals surface area contributed by atoms with E-state index in [1.807, 2.05) is 12.1 Å². The summed E-state index contributed by atoms with van der Waals surface area (Å²) in [4.78, 5) is 4.09. The summed E-state index contributed by atoms with van der Waals surface area (Å²) in [5, 5.41) is 0.592. The number of halogens is 1. The third-order valence-corrected chi connectivity index (χ3v) is 6.09. The van der Waals surface area contributed by atoms with Crippen molar-refractivity contribution in [2.75, 3.05) is 5.73 Å². The average molecular weight is 386 g/mol. The highest BCUT2D eigenvalue weighted by Gasteiger charge is 2.19. The van der Waals surface area contributed by atoms with Gasteiger partial charge in [0.1, 0.15) is 4.90 Å². The lowest BCUT2D eigenvalue weighted by Gasteiger charge is -2.04. The van der Waals surface area contributed by atoms with Crippen LogP contribution < -0.4 is 10.5 Å². The van der Waals surface area contributed by atoms with Gasteiger partial charge in [0.15, 0.2) is 0 Å². The molecule has 0 saturated carbocycles. The van der Waals surface area contributed by atoms with Gasteiger partial charge in [-0.15, -0.1) is 11.3 Å². The van der Waals surface area contributed by atoms with Gasteiger partial charge in [-0.25, -0.2) is 13.1 Å².